The molecule has 32 heavy (non-hydrogen) atoms. The van der Waals surface area contributed by atoms with Crippen molar-refractivity contribution in [2.24, 2.45) is 0 Å². The fourth-order valence-electron chi connectivity index (χ4n) is 2.36. The molecule has 0 atom stereocenters. The summed E-state index contributed by atoms with van der Waals surface area (Å²) in [7, 11) is -6.09. The summed E-state index contributed by atoms with van der Waals surface area (Å²) in [6.07, 6.45) is 0. The molecule has 0 spiro atoms. The Bertz CT molecular complexity index is 1160. The van der Waals surface area contributed by atoms with Crippen LogP contribution < -0.4 is 0 Å². The average molecular weight is 489 g/mol. The number of carbonyl (C=O) groups is 1. The van der Waals surface area contributed by atoms with Gasteiger partial charge in [0.1, 0.15) is 0 Å². The molecule has 0 unspecified atom stereocenters. The second-order valence-electron chi connectivity index (χ2n) is 6.07. The number of benzene rings is 2. The molecule has 0 aliphatic carbocycles. The third-order valence-corrected chi connectivity index (χ3v) is 4.61. The smallest absolute Gasteiger partial charge is 0.485 e. The highest BCUT2D eigenvalue weighted by Crippen LogP contribution is 2.29. The van der Waals surface area contributed by atoms with Gasteiger partial charge < -0.3 is 9.29 Å². The maximum absolute atomic E-state index is 12.1. The van der Waals surface area contributed by atoms with Crippen molar-refractivity contribution in [3.8, 4) is 22.5 Å². The van der Waals surface area contributed by atoms with Gasteiger partial charge >= 0.3 is 23.0 Å². The number of ether oxygens (including phenoxy) is 1. The van der Waals surface area contributed by atoms with Gasteiger partial charge in [-0.15, -0.1) is 0 Å². The van der Waals surface area contributed by atoms with Gasteiger partial charge in [-0.2, -0.15) is 17.6 Å². The molecule has 1 heterocycles. The van der Waals surface area contributed by atoms with Crippen LogP contribution in [0.2, 0.25) is 5.02 Å². The van der Waals surface area contributed by atoms with Gasteiger partial charge in [0.2, 0.25) is 0 Å². The molecule has 2 aromatic carbocycles. The summed E-state index contributed by atoms with van der Waals surface area (Å²) in [6.45, 7) is 2.05. The molecule has 3 aromatic rings. The molecule has 0 saturated carbocycles. The highest BCUT2D eigenvalue weighted by atomic mass is 35.5. The van der Waals surface area contributed by atoms with E-state index in [1.807, 2.05) is 60.7 Å². The number of hydrogen-bond donors (Lipinski definition) is 0. The molecule has 0 fully saturated rings. The quantitative estimate of drug-likeness (QED) is 0.200. The van der Waals surface area contributed by atoms with E-state index in [2.05, 4.69) is 0 Å². The zero-order valence-electron chi connectivity index (χ0n) is 16.4. The molecular weight excluding hydrogens is 473 g/mol. The van der Waals surface area contributed by atoms with Crippen LogP contribution in [0.1, 0.15) is 17.5 Å². The summed E-state index contributed by atoms with van der Waals surface area (Å²) >= 11 is 5.96. The third-order valence-electron chi connectivity index (χ3n) is 3.79. The van der Waals surface area contributed by atoms with E-state index in [1.165, 1.54) is 0 Å². The first-order valence-electron chi connectivity index (χ1n) is 8.91. The minimum Gasteiger partial charge on any atom is -0.741 e. The van der Waals surface area contributed by atoms with Crippen molar-refractivity contribution >= 4 is 27.7 Å². The van der Waals surface area contributed by atoms with E-state index < -0.39 is 21.6 Å². The van der Waals surface area contributed by atoms with Crippen molar-refractivity contribution in [2.75, 3.05) is 6.61 Å². The topological polar surface area (TPSA) is 94.8 Å². The lowest BCUT2D eigenvalue weighted by Gasteiger charge is -2.08. The lowest BCUT2D eigenvalue weighted by atomic mass is 10.0. The molecule has 6 nitrogen and oxygen atoms in total. The molecule has 0 saturated heterocycles. The highest BCUT2D eigenvalue weighted by Gasteiger charge is 2.37. The summed E-state index contributed by atoms with van der Waals surface area (Å²) in [4.78, 5) is 12.1. The average Bonchev–Trinajstić information content (AvgIpc) is 2.74. The first-order valence-corrected chi connectivity index (χ1v) is 10.7. The Balaban J connectivity index is 0.000000390. The second-order valence-corrected chi connectivity index (χ2v) is 7.88. The highest BCUT2D eigenvalue weighted by molar-refractivity contribution is 7.86. The van der Waals surface area contributed by atoms with Crippen molar-refractivity contribution in [1.29, 1.82) is 0 Å². The van der Waals surface area contributed by atoms with Crippen molar-refractivity contribution in [3.63, 3.8) is 0 Å². The Kier molecular flexibility index (Phi) is 8.37. The van der Waals surface area contributed by atoms with E-state index >= 15 is 0 Å². The van der Waals surface area contributed by atoms with E-state index in [-0.39, 0.29) is 5.76 Å². The van der Waals surface area contributed by atoms with Gasteiger partial charge in [0.25, 0.3) is 0 Å². The van der Waals surface area contributed by atoms with E-state index in [0.29, 0.717) is 17.4 Å². The van der Waals surface area contributed by atoms with Gasteiger partial charge in [-0.3, -0.25) is 0 Å². The summed E-state index contributed by atoms with van der Waals surface area (Å²) in [5.74, 6) is 0.291. The summed E-state index contributed by atoms with van der Waals surface area (Å²) < 4.78 is 69.7. The summed E-state index contributed by atoms with van der Waals surface area (Å²) in [5, 5.41) is 0.660. The fourth-order valence-corrected chi connectivity index (χ4v) is 2.48. The second kappa shape index (κ2) is 10.6. The maximum Gasteiger partial charge on any atom is 0.485 e. The number of alkyl halides is 3. The first kappa shape index (κ1) is 25.3. The standard InChI is InChI=1S/C20H16ClO3.CHF3O3S/c1-2-23-20(22)19-13-16(14-8-10-17(21)11-9-14)12-18(24-19)15-6-4-3-5-7-15;2-1(3,4)8(5,6)7/h3-13H,2H2,1H3;(H,5,6,7)/q+1;/p-1. The minimum atomic E-state index is -6.09. The van der Waals surface area contributed by atoms with Crippen LogP contribution in [0.4, 0.5) is 13.2 Å². The normalized spacial score (nSPS) is 11.3. The van der Waals surface area contributed by atoms with Crippen LogP contribution in [0.3, 0.4) is 0 Å². The van der Waals surface area contributed by atoms with Gasteiger partial charge in [0.15, 0.2) is 10.1 Å². The molecule has 11 heteroatoms. The molecule has 0 N–H and O–H groups in total. The van der Waals surface area contributed by atoms with E-state index in [1.54, 1.807) is 13.0 Å². The molecule has 0 aliphatic rings. The monoisotopic (exact) mass is 488 g/mol. The predicted molar refractivity (Wildman–Crippen MR) is 111 cm³/mol. The van der Waals surface area contributed by atoms with E-state index in [4.69, 9.17) is 33.7 Å². The van der Waals surface area contributed by atoms with Crippen molar-refractivity contribution < 1.29 is 40.1 Å². The fraction of sp³-hybridized carbons (Fsp3) is 0.143. The van der Waals surface area contributed by atoms with E-state index in [0.717, 1.165) is 16.7 Å². The molecular formula is C21H16ClF3O6S. The molecule has 170 valence electrons. The number of rotatable bonds is 4. The van der Waals surface area contributed by atoms with Crippen LogP contribution in [0.5, 0.6) is 0 Å². The minimum absolute atomic E-state index is 0.170. The van der Waals surface area contributed by atoms with Crippen LogP contribution in [-0.2, 0) is 14.9 Å². The lowest BCUT2D eigenvalue weighted by molar-refractivity contribution is -0.0517. The Morgan fingerprint density at radius 2 is 1.56 bits per heavy atom. The van der Waals surface area contributed by atoms with Gasteiger partial charge in [-0.1, -0.05) is 41.9 Å². The van der Waals surface area contributed by atoms with Crippen LogP contribution in [0, 0.1) is 0 Å². The Labute approximate surface area is 187 Å². The third kappa shape index (κ3) is 7.04. The zero-order valence-corrected chi connectivity index (χ0v) is 18.0. The number of carbonyl (C=O) groups excluding carboxylic acids is 1. The Morgan fingerprint density at radius 1 is 1.00 bits per heavy atom. The summed E-state index contributed by atoms with van der Waals surface area (Å²) in [5.41, 5.74) is -2.95. The van der Waals surface area contributed by atoms with Gasteiger partial charge in [0, 0.05) is 10.6 Å². The number of hydrogen-bond acceptors (Lipinski definition) is 5. The number of halogens is 4. The van der Waals surface area contributed by atoms with Crippen LogP contribution in [0.25, 0.3) is 22.5 Å². The Morgan fingerprint density at radius 3 is 2.06 bits per heavy atom. The Hall–Kier alpha value is -2.95. The lowest BCUT2D eigenvalue weighted by Crippen LogP contribution is -2.21. The van der Waals surface area contributed by atoms with Gasteiger partial charge in [-0.05, 0) is 36.8 Å². The first-order chi connectivity index (χ1) is 14.9. The molecule has 0 amide bonds. The molecule has 1 aromatic heterocycles. The molecule has 0 radical (unpaired) electrons. The summed E-state index contributed by atoms with van der Waals surface area (Å²) in [6, 6.07) is 20.7. The van der Waals surface area contributed by atoms with E-state index in [9.17, 15) is 18.0 Å². The largest absolute Gasteiger partial charge is 0.741 e. The zero-order chi connectivity index (χ0) is 23.9. The molecule has 0 bridgehead atoms. The van der Waals surface area contributed by atoms with Gasteiger partial charge in [0.05, 0.1) is 24.3 Å². The van der Waals surface area contributed by atoms with Crippen molar-refractivity contribution in [1.82, 2.24) is 0 Å². The van der Waals surface area contributed by atoms with Crippen LogP contribution >= 0.6 is 11.6 Å². The van der Waals surface area contributed by atoms with Crippen molar-refractivity contribution in [3.05, 3.63) is 77.5 Å². The molecule has 3 rings (SSSR count). The molecule has 0 aliphatic heterocycles. The van der Waals surface area contributed by atoms with Crippen LogP contribution in [-0.4, -0.2) is 31.1 Å². The van der Waals surface area contributed by atoms with Gasteiger partial charge in [-0.25, -0.2) is 13.2 Å². The number of esters is 1. The SMILES string of the molecule is CCOC(=O)c1cc(-c2ccc(Cl)cc2)cc(-c2ccccc2)[o+]1.O=S(=O)([O-])C(F)(F)F. The van der Waals surface area contributed by atoms with Crippen molar-refractivity contribution in [2.45, 2.75) is 12.4 Å². The van der Waals surface area contributed by atoms with Crippen LogP contribution in [0.15, 0.2) is 71.1 Å². The predicted octanol–water partition coefficient (Wildman–Crippen LogP) is 5.78. The maximum atomic E-state index is 12.1.